The predicted octanol–water partition coefficient (Wildman–Crippen LogP) is 1.29. The average molecular weight is 594 g/mol. The molecule has 0 radical (unpaired) electrons. The standard InChI is InChI=1S/C32H44FN7O3/c33-28-6-5-24(20-29(34)25-3-1-2-4-26(25)31(35)42)19-27(28)32(43)40-17-15-39(16-18-40)30(41)22-38-13-11-37(12-14-38)21-23-7-9-36-10-8-23/h1-6,19,23,32,34,36,43H,7-18,20-22H2,(H2,35,42). The van der Waals surface area contributed by atoms with E-state index in [1.807, 2.05) is 4.90 Å². The zero-order valence-corrected chi connectivity index (χ0v) is 24.8. The first-order valence-electron chi connectivity index (χ1n) is 15.4. The van der Waals surface area contributed by atoms with Gasteiger partial charge in [-0.25, -0.2) is 4.39 Å². The van der Waals surface area contributed by atoms with Gasteiger partial charge in [0.05, 0.1) is 6.54 Å². The quantitative estimate of drug-likeness (QED) is 0.306. The van der Waals surface area contributed by atoms with Gasteiger partial charge in [0.1, 0.15) is 12.0 Å². The summed E-state index contributed by atoms with van der Waals surface area (Å²) >= 11 is 0. The van der Waals surface area contributed by atoms with E-state index >= 15 is 0 Å². The minimum atomic E-state index is -1.17. The summed E-state index contributed by atoms with van der Waals surface area (Å²) in [7, 11) is 0. The normalized spacial score (nSPS) is 20.2. The first-order chi connectivity index (χ1) is 20.8. The molecule has 11 heteroatoms. The number of primary amides is 1. The minimum Gasteiger partial charge on any atom is -0.374 e. The van der Waals surface area contributed by atoms with E-state index in [4.69, 9.17) is 11.1 Å². The van der Waals surface area contributed by atoms with Crippen LogP contribution in [-0.2, 0) is 11.2 Å². The molecule has 3 fully saturated rings. The van der Waals surface area contributed by atoms with Crippen molar-refractivity contribution < 1.29 is 19.1 Å². The highest BCUT2D eigenvalue weighted by atomic mass is 19.1. The van der Waals surface area contributed by atoms with E-state index in [1.165, 1.54) is 18.9 Å². The number of aliphatic hydroxyl groups excluding tert-OH is 1. The van der Waals surface area contributed by atoms with Crippen LogP contribution in [0.5, 0.6) is 0 Å². The van der Waals surface area contributed by atoms with Gasteiger partial charge in [-0.2, -0.15) is 0 Å². The minimum absolute atomic E-state index is 0.101. The van der Waals surface area contributed by atoms with Crippen molar-refractivity contribution in [3.05, 3.63) is 70.5 Å². The number of rotatable bonds is 10. The van der Waals surface area contributed by atoms with Gasteiger partial charge in [0.2, 0.25) is 11.8 Å². The molecule has 3 aliphatic heterocycles. The van der Waals surface area contributed by atoms with Crippen LogP contribution in [0, 0.1) is 17.1 Å². The lowest BCUT2D eigenvalue weighted by Crippen LogP contribution is -2.54. The Labute approximate surface area is 253 Å². The number of nitrogens with two attached hydrogens (primary N) is 1. The first-order valence-corrected chi connectivity index (χ1v) is 15.4. The fraction of sp³-hybridized carbons (Fsp3) is 0.531. The number of carbonyl (C=O) groups is 2. The largest absolute Gasteiger partial charge is 0.374 e. The summed E-state index contributed by atoms with van der Waals surface area (Å²) in [5.74, 6) is -0.267. The van der Waals surface area contributed by atoms with Gasteiger partial charge in [0.15, 0.2) is 0 Å². The molecule has 2 aromatic rings. The molecular weight excluding hydrogens is 549 g/mol. The molecule has 0 spiro atoms. The topological polar surface area (TPSA) is 129 Å². The number of nitrogens with zero attached hydrogens (tertiary/aromatic N) is 4. The maximum atomic E-state index is 14.9. The molecule has 0 bridgehead atoms. The van der Waals surface area contributed by atoms with Crippen molar-refractivity contribution in [2.45, 2.75) is 25.5 Å². The molecular formula is C32H44FN7O3. The molecule has 2 aromatic carbocycles. The van der Waals surface area contributed by atoms with E-state index < -0.39 is 18.0 Å². The van der Waals surface area contributed by atoms with Gasteiger partial charge in [-0.3, -0.25) is 19.4 Å². The van der Waals surface area contributed by atoms with E-state index in [2.05, 4.69) is 15.1 Å². The summed E-state index contributed by atoms with van der Waals surface area (Å²) in [6.45, 7) is 9.41. The second-order valence-electron chi connectivity index (χ2n) is 12.0. The van der Waals surface area contributed by atoms with Crippen LogP contribution >= 0.6 is 0 Å². The van der Waals surface area contributed by atoms with Gasteiger partial charge < -0.3 is 31.4 Å². The molecule has 1 atom stereocenters. The number of hydrogen-bond donors (Lipinski definition) is 4. The Morgan fingerprint density at radius 1 is 0.953 bits per heavy atom. The summed E-state index contributed by atoms with van der Waals surface area (Å²) in [5, 5.41) is 23.1. The average Bonchev–Trinajstić information content (AvgIpc) is 3.03. The van der Waals surface area contributed by atoms with Crippen molar-refractivity contribution in [2.24, 2.45) is 11.7 Å². The second-order valence-corrected chi connectivity index (χ2v) is 12.0. The summed E-state index contributed by atoms with van der Waals surface area (Å²) in [6.07, 6.45) is 1.47. The molecule has 10 nitrogen and oxygen atoms in total. The molecule has 1 unspecified atom stereocenters. The highest BCUT2D eigenvalue weighted by Gasteiger charge is 2.29. The van der Waals surface area contributed by atoms with Crippen molar-refractivity contribution in [2.75, 3.05) is 78.5 Å². The van der Waals surface area contributed by atoms with E-state index in [-0.39, 0.29) is 29.2 Å². The molecule has 5 N–H and O–H groups in total. The van der Waals surface area contributed by atoms with Crippen molar-refractivity contribution in [1.29, 1.82) is 5.41 Å². The maximum Gasteiger partial charge on any atom is 0.249 e. The summed E-state index contributed by atoms with van der Waals surface area (Å²) in [5.41, 5.74) is 7.12. The third kappa shape index (κ3) is 8.04. The van der Waals surface area contributed by atoms with Crippen LogP contribution in [0.2, 0.25) is 0 Å². The number of piperidine rings is 1. The summed E-state index contributed by atoms with van der Waals surface area (Å²) in [4.78, 5) is 33.3. The Kier molecular flexibility index (Phi) is 10.5. The number of halogens is 1. The fourth-order valence-corrected chi connectivity index (χ4v) is 6.42. The molecule has 2 amide bonds. The monoisotopic (exact) mass is 593 g/mol. The lowest BCUT2D eigenvalue weighted by Gasteiger charge is -2.40. The van der Waals surface area contributed by atoms with Crippen LogP contribution in [0.1, 0.15) is 46.1 Å². The number of piperazine rings is 2. The van der Waals surface area contributed by atoms with Gasteiger partial charge in [-0.05, 0) is 55.6 Å². The molecule has 3 aliphatic rings. The van der Waals surface area contributed by atoms with Crippen LogP contribution in [-0.4, -0.2) is 121 Å². The number of benzene rings is 2. The Morgan fingerprint density at radius 3 is 2.28 bits per heavy atom. The third-order valence-corrected chi connectivity index (χ3v) is 9.05. The van der Waals surface area contributed by atoms with Crippen LogP contribution in [0.4, 0.5) is 4.39 Å². The smallest absolute Gasteiger partial charge is 0.249 e. The Bertz CT molecular complexity index is 1290. The molecule has 0 saturated carbocycles. The molecule has 43 heavy (non-hydrogen) atoms. The van der Waals surface area contributed by atoms with Gasteiger partial charge in [0, 0.05) is 87.7 Å². The van der Waals surface area contributed by atoms with Crippen molar-refractivity contribution in [3.63, 3.8) is 0 Å². The zero-order valence-electron chi connectivity index (χ0n) is 24.8. The third-order valence-electron chi connectivity index (χ3n) is 9.05. The van der Waals surface area contributed by atoms with Crippen LogP contribution < -0.4 is 11.1 Å². The van der Waals surface area contributed by atoms with Gasteiger partial charge in [-0.15, -0.1) is 0 Å². The molecule has 0 aliphatic carbocycles. The molecule has 5 rings (SSSR count). The first kappa shape index (κ1) is 31.2. The van der Waals surface area contributed by atoms with Crippen LogP contribution in [0.3, 0.4) is 0 Å². The lowest BCUT2D eigenvalue weighted by atomic mass is 9.96. The summed E-state index contributed by atoms with van der Waals surface area (Å²) < 4.78 is 14.9. The summed E-state index contributed by atoms with van der Waals surface area (Å²) in [6, 6.07) is 11.1. The molecule has 3 heterocycles. The molecule has 0 aromatic heterocycles. The van der Waals surface area contributed by atoms with E-state index in [0.717, 1.165) is 51.7 Å². The SMILES string of the molecule is N=C(Cc1ccc(F)c(C(O)N2CCN(C(=O)CN3CCN(CC4CCNCC4)CC3)CC2)c1)c1ccccc1C(N)=O. The maximum absolute atomic E-state index is 14.9. The number of amides is 2. The molecule has 3 saturated heterocycles. The van der Waals surface area contributed by atoms with E-state index in [0.29, 0.717) is 43.9 Å². The van der Waals surface area contributed by atoms with E-state index in [1.54, 1.807) is 41.3 Å². The number of aliphatic hydroxyl groups is 1. The Balaban J connectivity index is 1.10. The van der Waals surface area contributed by atoms with Gasteiger partial charge >= 0.3 is 0 Å². The number of hydrogen-bond acceptors (Lipinski definition) is 8. The van der Waals surface area contributed by atoms with E-state index in [9.17, 15) is 19.1 Å². The number of carbonyl (C=O) groups excluding carboxylic acids is 2. The van der Waals surface area contributed by atoms with Crippen molar-refractivity contribution >= 4 is 17.5 Å². The fourth-order valence-electron chi connectivity index (χ4n) is 6.42. The van der Waals surface area contributed by atoms with Gasteiger partial charge in [-0.1, -0.05) is 24.3 Å². The van der Waals surface area contributed by atoms with Crippen molar-refractivity contribution in [1.82, 2.24) is 24.9 Å². The number of nitrogens with one attached hydrogen (secondary N) is 2. The second kappa shape index (κ2) is 14.5. The zero-order chi connectivity index (χ0) is 30.3. The highest BCUT2D eigenvalue weighted by molar-refractivity contribution is 6.09. The predicted molar refractivity (Wildman–Crippen MR) is 163 cm³/mol. The van der Waals surface area contributed by atoms with Crippen molar-refractivity contribution in [3.8, 4) is 0 Å². The Hall–Kier alpha value is -3.22. The highest BCUT2D eigenvalue weighted by Crippen LogP contribution is 2.25. The van der Waals surface area contributed by atoms with Gasteiger partial charge in [0.25, 0.3) is 0 Å². The van der Waals surface area contributed by atoms with Crippen LogP contribution in [0.25, 0.3) is 0 Å². The molecule has 232 valence electrons. The lowest BCUT2D eigenvalue weighted by molar-refractivity contribution is -0.136. The van der Waals surface area contributed by atoms with Crippen LogP contribution in [0.15, 0.2) is 42.5 Å². The Morgan fingerprint density at radius 2 is 1.60 bits per heavy atom.